The molecule has 0 bridgehead atoms. The zero-order valence-electron chi connectivity index (χ0n) is 13.5. The number of thiophene rings is 1. The van der Waals surface area contributed by atoms with Crippen LogP contribution in [0.4, 0.5) is 0 Å². The molecular formula is C19H19NO3S. The maximum absolute atomic E-state index is 12.8. The van der Waals surface area contributed by atoms with Crippen LogP contribution in [0.5, 0.6) is 0 Å². The fraction of sp³-hybridized carbons (Fsp3) is 0.211. The molecule has 4 nitrogen and oxygen atoms in total. The Balaban J connectivity index is 1.75. The van der Waals surface area contributed by atoms with Crippen LogP contribution in [0, 0.1) is 0 Å². The third kappa shape index (κ3) is 3.93. The average molecular weight is 341 g/mol. The van der Waals surface area contributed by atoms with Crippen LogP contribution in [0.25, 0.3) is 11.1 Å². The molecule has 124 valence electrons. The first-order chi connectivity index (χ1) is 11.8. The summed E-state index contributed by atoms with van der Waals surface area (Å²) in [6.07, 6.45) is 3.27. The van der Waals surface area contributed by atoms with Gasteiger partial charge in [-0.05, 0) is 46.2 Å². The Morgan fingerprint density at radius 2 is 2.00 bits per heavy atom. The number of nitrogens with zero attached hydrogens (tertiary/aromatic N) is 1. The van der Waals surface area contributed by atoms with Gasteiger partial charge in [0.05, 0.1) is 19.1 Å². The van der Waals surface area contributed by atoms with Crippen molar-refractivity contribution in [2.75, 3.05) is 20.3 Å². The lowest BCUT2D eigenvalue weighted by Crippen LogP contribution is -2.33. The number of methoxy groups -OCH3 is 1. The number of hydrogen-bond donors (Lipinski definition) is 0. The molecular weight excluding hydrogens is 322 g/mol. The minimum absolute atomic E-state index is 0.00915. The van der Waals surface area contributed by atoms with Crippen LogP contribution >= 0.6 is 11.3 Å². The molecule has 0 radical (unpaired) electrons. The van der Waals surface area contributed by atoms with Gasteiger partial charge in [-0.2, -0.15) is 11.3 Å². The van der Waals surface area contributed by atoms with Crippen LogP contribution < -0.4 is 0 Å². The SMILES string of the molecule is COCCN(Cc1ccoc1)C(=O)c1ccc(-c2ccsc2)cc1. The highest BCUT2D eigenvalue weighted by Crippen LogP contribution is 2.23. The summed E-state index contributed by atoms with van der Waals surface area (Å²) in [7, 11) is 1.64. The van der Waals surface area contributed by atoms with Gasteiger partial charge in [0.15, 0.2) is 0 Å². The van der Waals surface area contributed by atoms with Crippen LogP contribution in [0.1, 0.15) is 15.9 Å². The fourth-order valence-corrected chi connectivity index (χ4v) is 3.14. The van der Waals surface area contributed by atoms with Crippen LogP contribution in [-0.2, 0) is 11.3 Å². The number of carbonyl (C=O) groups excluding carboxylic acids is 1. The van der Waals surface area contributed by atoms with E-state index in [2.05, 4.69) is 11.4 Å². The highest BCUT2D eigenvalue weighted by Gasteiger charge is 2.16. The van der Waals surface area contributed by atoms with Crippen molar-refractivity contribution in [2.24, 2.45) is 0 Å². The van der Waals surface area contributed by atoms with Crippen LogP contribution in [-0.4, -0.2) is 31.1 Å². The second-order valence-corrected chi connectivity index (χ2v) is 6.22. The van der Waals surface area contributed by atoms with Crippen molar-refractivity contribution in [3.63, 3.8) is 0 Å². The molecule has 0 N–H and O–H groups in total. The van der Waals surface area contributed by atoms with Crippen LogP contribution in [0.15, 0.2) is 64.1 Å². The van der Waals surface area contributed by atoms with Crippen molar-refractivity contribution in [1.82, 2.24) is 4.90 Å². The van der Waals surface area contributed by atoms with E-state index in [1.807, 2.05) is 35.7 Å². The summed E-state index contributed by atoms with van der Waals surface area (Å²) in [5.74, 6) is -0.00915. The molecule has 1 aromatic carbocycles. The van der Waals surface area contributed by atoms with Gasteiger partial charge in [-0.1, -0.05) is 12.1 Å². The summed E-state index contributed by atoms with van der Waals surface area (Å²) in [6.45, 7) is 1.54. The van der Waals surface area contributed by atoms with Crippen LogP contribution in [0.2, 0.25) is 0 Å². The molecule has 0 aliphatic rings. The first-order valence-electron chi connectivity index (χ1n) is 7.70. The van der Waals surface area contributed by atoms with E-state index in [1.165, 1.54) is 5.56 Å². The van der Waals surface area contributed by atoms with E-state index in [1.54, 1.807) is 35.9 Å². The van der Waals surface area contributed by atoms with Gasteiger partial charge in [-0.15, -0.1) is 0 Å². The third-order valence-electron chi connectivity index (χ3n) is 3.79. The summed E-state index contributed by atoms with van der Waals surface area (Å²) in [6, 6.07) is 11.7. The Bertz CT molecular complexity index is 749. The molecule has 0 unspecified atom stereocenters. The van der Waals surface area contributed by atoms with E-state index in [9.17, 15) is 4.79 Å². The minimum Gasteiger partial charge on any atom is -0.472 e. The Morgan fingerprint density at radius 3 is 2.62 bits per heavy atom. The van der Waals surface area contributed by atoms with Crippen molar-refractivity contribution in [3.8, 4) is 11.1 Å². The molecule has 0 fully saturated rings. The normalized spacial score (nSPS) is 10.7. The zero-order valence-corrected chi connectivity index (χ0v) is 14.3. The lowest BCUT2D eigenvalue weighted by Gasteiger charge is -2.22. The number of benzene rings is 1. The highest BCUT2D eigenvalue weighted by molar-refractivity contribution is 7.08. The lowest BCUT2D eigenvalue weighted by molar-refractivity contribution is 0.0680. The number of hydrogen-bond acceptors (Lipinski definition) is 4. The van der Waals surface area contributed by atoms with Crippen molar-refractivity contribution < 1.29 is 13.9 Å². The molecule has 0 saturated heterocycles. The molecule has 2 aromatic heterocycles. The van der Waals surface area contributed by atoms with Crippen molar-refractivity contribution in [3.05, 3.63) is 70.8 Å². The summed E-state index contributed by atoms with van der Waals surface area (Å²) < 4.78 is 10.2. The van der Waals surface area contributed by atoms with Gasteiger partial charge in [0.25, 0.3) is 5.91 Å². The summed E-state index contributed by atoms with van der Waals surface area (Å²) in [5, 5.41) is 4.15. The quantitative estimate of drug-likeness (QED) is 0.643. The molecule has 0 atom stereocenters. The largest absolute Gasteiger partial charge is 0.472 e. The molecule has 0 aliphatic carbocycles. The number of rotatable bonds is 7. The second kappa shape index (κ2) is 7.95. The maximum Gasteiger partial charge on any atom is 0.254 e. The van der Waals surface area contributed by atoms with Gasteiger partial charge in [0.2, 0.25) is 0 Å². The molecule has 0 saturated carbocycles. The number of carbonyl (C=O) groups is 1. The summed E-state index contributed by atoms with van der Waals surface area (Å²) in [5.41, 5.74) is 3.93. The van der Waals surface area contributed by atoms with E-state index in [0.717, 1.165) is 11.1 Å². The minimum atomic E-state index is -0.00915. The topological polar surface area (TPSA) is 42.7 Å². The van der Waals surface area contributed by atoms with Gasteiger partial charge < -0.3 is 14.1 Å². The van der Waals surface area contributed by atoms with E-state index in [-0.39, 0.29) is 5.91 Å². The Hall–Kier alpha value is -2.37. The lowest BCUT2D eigenvalue weighted by atomic mass is 10.1. The predicted molar refractivity (Wildman–Crippen MR) is 95.1 cm³/mol. The summed E-state index contributed by atoms with van der Waals surface area (Å²) in [4.78, 5) is 14.6. The van der Waals surface area contributed by atoms with Crippen LogP contribution in [0.3, 0.4) is 0 Å². The van der Waals surface area contributed by atoms with Gasteiger partial charge >= 0.3 is 0 Å². The summed E-state index contributed by atoms with van der Waals surface area (Å²) >= 11 is 1.66. The first kappa shape index (κ1) is 16.5. The smallest absolute Gasteiger partial charge is 0.254 e. The van der Waals surface area contributed by atoms with E-state index in [4.69, 9.17) is 9.15 Å². The van der Waals surface area contributed by atoms with Crippen molar-refractivity contribution >= 4 is 17.2 Å². The first-order valence-corrected chi connectivity index (χ1v) is 8.64. The van der Waals surface area contributed by atoms with Crippen molar-refractivity contribution in [1.29, 1.82) is 0 Å². The molecule has 1 amide bonds. The van der Waals surface area contributed by atoms with Crippen molar-refractivity contribution in [2.45, 2.75) is 6.54 Å². The predicted octanol–water partition coefficient (Wildman–Crippen LogP) is 4.30. The Labute approximate surface area is 145 Å². The van der Waals surface area contributed by atoms with E-state index >= 15 is 0 Å². The zero-order chi connectivity index (χ0) is 16.8. The number of amides is 1. The van der Waals surface area contributed by atoms with E-state index in [0.29, 0.717) is 25.3 Å². The number of furan rings is 1. The molecule has 2 heterocycles. The third-order valence-corrected chi connectivity index (χ3v) is 4.48. The average Bonchev–Trinajstić information content (AvgIpc) is 3.32. The maximum atomic E-state index is 12.8. The van der Waals surface area contributed by atoms with Gasteiger partial charge in [-0.25, -0.2) is 0 Å². The molecule has 0 aliphatic heterocycles. The molecule has 0 spiro atoms. The number of ether oxygens (including phenoxy) is 1. The van der Waals surface area contributed by atoms with Gasteiger partial charge in [0, 0.05) is 31.3 Å². The Morgan fingerprint density at radius 1 is 1.17 bits per heavy atom. The molecule has 5 heteroatoms. The molecule has 3 aromatic rings. The fourth-order valence-electron chi connectivity index (χ4n) is 2.47. The van der Waals surface area contributed by atoms with Gasteiger partial charge in [-0.3, -0.25) is 4.79 Å². The Kier molecular flexibility index (Phi) is 5.46. The second-order valence-electron chi connectivity index (χ2n) is 5.44. The van der Waals surface area contributed by atoms with Gasteiger partial charge in [0.1, 0.15) is 0 Å². The molecule has 24 heavy (non-hydrogen) atoms. The molecule has 3 rings (SSSR count). The standard InChI is InChI=1S/C19H19NO3S/c1-22-10-8-20(12-15-6-9-23-13-15)19(21)17-4-2-16(3-5-17)18-7-11-24-14-18/h2-7,9,11,13-14H,8,10,12H2,1H3. The van der Waals surface area contributed by atoms with E-state index < -0.39 is 0 Å². The highest BCUT2D eigenvalue weighted by atomic mass is 32.1. The monoisotopic (exact) mass is 341 g/mol.